The summed E-state index contributed by atoms with van der Waals surface area (Å²) in [7, 11) is 0. The molecule has 2 nitrogen and oxygen atoms in total. The third-order valence-corrected chi connectivity index (χ3v) is 1.68. The lowest BCUT2D eigenvalue weighted by Gasteiger charge is -2.00. The molecule has 0 aliphatic rings. The number of rotatable bonds is 1. The second-order valence-electron chi connectivity index (χ2n) is 2.41. The van der Waals surface area contributed by atoms with E-state index in [1.807, 2.05) is 0 Å². The zero-order chi connectivity index (χ0) is 9.30. The summed E-state index contributed by atoms with van der Waals surface area (Å²) in [4.78, 5) is 10.4. The van der Waals surface area contributed by atoms with Crippen molar-refractivity contribution in [1.29, 1.82) is 0 Å². The van der Waals surface area contributed by atoms with Crippen LogP contribution in [0.2, 0.25) is 5.02 Å². The van der Waals surface area contributed by atoms with E-state index in [2.05, 4.69) is 0 Å². The first-order chi connectivity index (χ1) is 5.52. The molecule has 1 aromatic rings. The Hall–Kier alpha value is -1.09. The fourth-order valence-corrected chi connectivity index (χ4v) is 1.15. The third-order valence-electron chi connectivity index (χ3n) is 1.40. The molecule has 0 amide bonds. The molecule has 1 N–H and O–H groups in total. The molecule has 64 valence electrons. The first kappa shape index (κ1) is 9.00. The van der Waals surface area contributed by atoms with Crippen LogP contribution >= 0.6 is 11.6 Å². The second kappa shape index (κ2) is 3.11. The topological polar surface area (TPSA) is 37.3 Å². The lowest BCUT2D eigenvalue weighted by molar-refractivity contribution is 0.0692. The molecule has 1 rings (SSSR count). The highest BCUT2D eigenvalue weighted by atomic mass is 35.5. The summed E-state index contributed by atoms with van der Waals surface area (Å²) in [5, 5.41) is 8.36. The van der Waals surface area contributed by atoms with Gasteiger partial charge in [-0.1, -0.05) is 11.6 Å². The summed E-state index contributed by atoms with van der Waals surface area (Å²) >= 11 is 5.42. The highest BCUT2D eigenvalue weighted by Gasteiger charge is 2.13. The van der Waals surface area contributed by atoms with E-state index in [4.69, 9.17) is 16.7 Å². The van der Waals surface area contributed by atoms with Crippen molar-refractivity contribution < 1.29 is 14.3 Å². The third kappa shape index (κ3) is 1.56. The van der Waals surface area contributed by atoms with Gasteiger partial charge in [-0.15, -0.1) is 0 Å². The van der Waals surface area contributed by atoms with Crippen molar-refractivity contribution >= 4 is 17.6 Å². The van der Waals surface area contributed by atoms with Gasteiger partial charge in [-0.2, -0.15) is 0 Å². The molecule has 0 fully saturated rings. The van der Waals surface area contributed by atoms with Crippen molar-refractivity contribution in [3.05, 3.63) is 34.1 Å². The van der Waals surface area contributed by atoms with Gasteiger partial charge in [0.1, 0.15) is 0 Å². The SMILES string of the molecule is Cc1cc(Cl)c(F)c(C(=O)O)c1. The molecule has 12 heavy (non-hydrogen) atoms. The predicted molar refractivity (Wildman–Crippen MR) is 43.1 cm³/mol. The van der Waals surface area contributed by atoms with Gasteiger partial charge in [-0.3, -0.25) is 0 Å². The molecule has 0 saturated heterocycles. The average molecular weight is 189 g/mol. The Bertz CT molecular complexity index is 336. The number of hydrogen-bond donors (Lipinski definition) is 1. The van der Waals surface area contributed by atoms with Crippen LogP contribution in [-0.4, -0.2) is 11.1 Å². The summed E-state index contributed by atoms with van der Waals surface area (Å²) < 4.78 is 12.9. The van der Waals surface area contributed by atoms with Crippen LogP contribution in [0.5, 0.6) is 0 Å². The van der Waals surface area contributed by atoms with Gasteiger partial charge in [-0.25, -0.2) is 9.18 Å². The van der Waals surface area contributed by atoms with Crippen LogP contribution < -0.4 is 0 Å². The zero-order valence-electron chi connectivity index (χ0n) is 6.27. The molecular weight excluding hydrogens is 183 g/mol. The van der Waals surface area contributed by atoms with Crippen LogP contribution in [-0.2, 0) is 0 Å². The highest BCUT2D eigenvalue weighted by molar-refractivity contribution is 6.31. The van der Waals surface area contributed by atoms with E-state index >= 15 is 0 Å². The van der Waals surface area contributed by atoms with Crippen LogP contribution in [0.25, 0.3) is 0 Å². The minimum atomic E-state index is -1.31. The van der Waals surface area contributed by atoms with Gasteiger partial charge in [0.15, 0.2) is 5.82 Å². The molecule has 0 aliphatic carbocycles. The first-order valence-corrected chi connectivity index (χ1v) is 3.59. The van der Waals surface area contributed by atoms with Gasteiger partial charge in [-0.05, 0) is 24.6 Å². The molecule has 0 saturated carbocycles. The van der Waals surface area contributed by atoms with E-state index in [0.717, 1.165) is 0 Å². The van der Waals surface area contributed by atoms with Crippen LogP contribution in [0, 0.1) is 12.7 Å². The molecule has 0 aliphatic heterocycles. The van der Waals surface area contributed by atoms with Crippen molar-refractivity contribution in [3.63, 3.8) is 0 Å². The minimum Gasteiger partial charge on any atom is -0.478 e. The van der Waals surface area contributed by atoms with E-state index < -0.39 is 11.8 Å². The Kier molecular flexibility index (Phi) is 2.33. The van der Waals surface area contributed by atoms with Crippen molar-refractivity contribution in [2.75, 3.05) is 0 Å². The van der Waals surface area contributed by atoms with E-state index in [9.17, 15) is 9.18 Å². The summed E-state index contributed by atoms with van der Waals surface area (Å²) in [5.74, 6) is -2.19. The maximum atomic E-state index is 12.9. The van der Waals surface area contributed by atoms with Gasteiger partial charge < -0.3 is 5.11 Å². The van der Waals surface area contributed by atoms with Gasteiger partial charge in [0.05, 0.1) is 10.6 Å². The second-order valence-corrected chi connectivity index (χ2v) is 2.82. The largest absolute Gasteiger partial charge is 0.478 e. The van der Waals surface area contributed by atoms with Gasteiger partial charge in [0.25, 0.3) is 0 Å². The Morgan fingerprint density at radius 3 is 2.67 bits per heavy atom. The number of carboxylic acid groups (broad SMARTS) is 1. The standard InChI is InChI=1S/C8H6ClFO2/c1-4-2-5(8(11)12)7(10)6(9)3-4/h2-3H,1H3,(H,11,12). The quantitative estimate of drug-likeness (QED) is 0.735. The number of aryl methyl sites for hydroxylation is 1. The van der Waals surface area contributed by atoms with E-state index in [-0.39, 0.29) is 10.6 Å². The summed E-state index contributed by atoms with van der Waals surface area (Å²) in [6.45, 7) is 1.65. The lowest BCUT2D eigenvalue weighted by Crippen LogP contribution is -2.01. The Balaban J connectivity index is 3.37. The summed E-state index contributed by atoms with van der Waals surface area (Å²) in [6.07, 6.45) is 0. The smallest absolute Gasteiger partial charge is 0.338 e. The van der Waals surface area contributed by atoms with Crippen LogP contribution in [0.4, 0.5) is 4.39 Å². The van der Waals surface area contributed by atoms with Gasteiger partial charge in [0, 0.05) is 0 Å². The fraction of sp³-hybridized carbons (Fsp3) is 0.125. The molecular formula is C8H6ClFO2. The maximum absolute atomic E-state index is 12.9. The molecule has 0 atom stereocenters. The normalized spacial score (nSPS) is 9.92. The molecule has 0 radical (unpaired) electrons. The van der Waals surface area contributed by atoms with Crippen molar-refractivity contribution in [2.45, 2.75) is 6.92 Å². The van der Waals surface area contributed by atoms with Crippen LogP contribution in [0.15, 0.2) is 12.1 Å². The average Bonchev–Trinajstić information content (AvgIpc) is 1.96. The molecule has 0 bridgehead atoms. The molecule has 0 spiro atoms. The van der Waals surface area contributed by atoms with Crippen molar-refractivity contribution in [2.24, 2.45) is 0 Å². The zero-order valence-corrected chi connectivity index (χ0v) is 7.02. The minimum absolute atomic E-state index is 0.160. The molecule has 0 unspecified atom stereocenters. The number of carboxylic acids is 1. The Labute approximate surface area is 73.6 Å². The monoisotopic (exact) mass is 188 g/mol. The van der Waals surface area contributed by atoms with Crippen molar-refractivity contribution in [3.8, 4) is 0 Å². The molecule has 0 heterocycles. The van der Waals surface area contributed by atoms with Crippen LogP contribution in [0.3, 0.4) is 0 Å². The van der Waals surface area contributed by atoms with Gasteiger partial charge in [0.2, 0.25) is 0 Å². The first-order valence-electron chi connectivity index (χ1n) is 3.21. The number of hydrogen-bond acceptors (Lipinski definition) is 1. The van der Waals surface area contributed by atoms with Gasteiger partial charge >= 0.3 is 5.97 Å². The number of benzene rings is 1. The Morgan fingerprint density at radius 2 is 2.17 bits per heavy atom. The number of aromatic carboxylic acids is 1. The molecule has 1 aromatic carbocycles. The lowest BCUT2D eigenvalue weighted by atomic mass is 10.1. The number of carbonyl (C=O) groups is 1. The highest BCUT2D eigenvalue weighted by Crippen LogP contribution is 2.20. The van der Waals surface area contributed by atoms with E-state index in [1.54, 1.807) is 6.92 Å². The molecule has 0 aromatic heterocycles. The summed E-state index contributed by atoms with van der Waals surface area (Å²) in [5.41, 5.74) is 0.235. The fourth-order valence-electron chi connectivity index (χ4n) is 0.880. The van der Waals surface area contributed by atoms with E-state index in [0.29, 0.717) is 5.56 Å². The van der Waals surface area contributed by atoms with Crippen LogP contribution in [0.1, 0.15) is 15.9 Å². The summed E-state index contributed by atoms with van der Waals surface area (Å²) in [6, 6.07) is 2.62. The predicted octanol–water partition coefficient (Wildman–Crippen LogP) is 2.49. The van der Waals surface area contributed by atoms with E-state index in [1.165, 1.54) is 12.1 Å². The molecule has 4 heteroatoms. The Morgan fingerprint density at radius 1 is 1.58 bits per heavy atom. The number of halogens is 2. The van der Waals surface area contributed by atoms with Crippen molar-refractivity contribution in [1.82, 2.24) is 0 Å². The maximum Gasteiger partial charge on any atom is 0.338 e.